The van der Waals surface area contributed by atoms with E-state index in [0.717, 1.165) is 32.1 Å². The average Bonchev–Trinajstić information content (AvgIpc) is 2.43. The van der Waals surface area contributed by atoms with Crippen molar-refractivity contribution in [3.05, 3.63) is 27.3 Å². The third kappa shape index (κ3) is 3.39. The number of nitrogens with one attached hydrogen (secondary N) is 1. The van der Waals surface area contributed by atoms with Gasteiger partial charge in [0.1, 0.15) is 5.75 Å². The van der Waals surface area contributed by atoms with Gasteiger partial charge in [0.2, 0.25) is 0 Å². The molecule has 4 nitrogen and oxygen atoms in total. The highest BCUT2D eigenvalue weighted by molar-refractivity contribution is 14.1. The van der Waals surface area contributed by atoms with Crippen LogP contribution in [0.5, 0.6) is 5.75 Å². The van der Waals surface area contributed by atoms with E-state index in [1.165, 1.54) is 6.07 Å². The van der Waals surface area contributed by atoms with Gasteiger partial charge in [-0.1, -0.05) is 19.3 Å². The highest BCUT2D eigenvalue weighted by Crippen LogP contribution is 2.28. The number of carbonyl (C=O) groups is 1. The van der Waals surface area contributed by atoms with E-state index in [1.54, 1.807) is 12.1 Å². The molecule has 1 aliphatic rings. The number of phenolic OH excluding ortho intramolecular Hbond substituents is 1. The van der Waals surface area contributed by atoms with Crippen molar-refractivity contribution < 1.29 is 15.0 Å². The van der Waals surface area contributed by atoms with E-state index in [1.807, 2.05) is 22.6 Å². The second kappa shape index (κ2) is 6.09. The van der Waals surface area contributed by atoms with E-state index in [2.05, 4.69) is 5.32 Å². The Balaban J connectivity index is 2.12. The summed E-state index contributed by atoms with van der Waals surface area (Å²) in [4.78, 5) is 12.2. The lowest BCUT2D eigenvalue weighted by Crippen LogP contribution is -2.52. The van der Waals surface area contributed by atoms with Crippen molar-refractivity contribution in [2.75, 3.05) is 6.61 Å². The predicted octanol–water partition coefficient (Wildman–Crippen LogP) is 2.42. The molecular formula is C14H18INO3. The molecule has 0 bridgehead atoms. The molecule has 104 valence electrons. The third-order valence-corrected chi connectivity index (χ3v) is 4.61. The number of carbonyl (C=O) groups excluding carboxylic acids is 1. The second-order valence-electron chi connectivity index (χ2n) is 5.12. The first-order valence-corrected chi connectivity index (χ1v) is 7.56. The minimum Gasteiger partial charge on any atom is -0.507 e. The highest BCUT2D eigenvalue weighted by Gasteiger charge is 2.33. The molecule has 0 saturated heterocycles. The molecular weight excluding hydrogens is 357 g/mol. The number of aliphatic hydroxyl groups is 1. The second-order valence-corrected chi connectivity index (χ2v) is 6.28. The Morgan fingerprint density at radius 1 is 1.32 bits per heavy atom. The zero-order valence-corrected chi connectivity index (χ0v) is 12.8. The van der Waals surface area contributed by atoms with Crippen LogP contribution in [0.3, 0.4) is 0 Å². The molecule has 1 aromatic rings. The number of aromatic hydroxyl groups is 1. The lowest BCUT2D eigenvalue weighted by atomic mass is 9.82. The summed E-state index contributed by atoms with van der Waals surface area (Å²) in [6, 6.07) is 4.85. The standard InChI is InChI=1S/C14H18INO3/c15-11-5-4-10(8-12(11)18)13(19)16-14(9-17)6-2-1-3-7-14/h4-5,8,17-18H,1-3,6-7,9H2,(H,16,19). The zero-order chi connectivity index (χ0) is 13.9. The van der Waals surface area contributed by atoms with Crippen molar-refractivity contribution in [3.63, 3.8) is 0 Å². The largest absolute Gasteiger partial charge is 0.507 e. The lowest BCUT2D eigenvalue weighted by molar-refractivity contribution is 0.0758. The number of halogens is 1. The summed E-state index contributed by atoms with van der Waals surface area (Å²) < 4.78 is 0.712. The van der Waals surface area contributed by atoms with Gasteiger partial charge in [-0.15, -0.1) is 0 Å². The fourth-order valence-electron chi connectivity index (χ4n) is 2.52. The number of amides is 1. The van der Waals surface area contributed by atoms with Crippen LogP contribution in [-0.4, -0.2) is 28.3 Å². The number of hydrogen-bond acceptors (Lipinski definition) is 3. The van der Waals surface area contributed by atoms with Gasteiger partial charge in [-0.25, -0.2) is 0 Å². The van der Waals surface area contributed by atoms with Crippen LogP contribution < -0.4 is 5.32 Å². The molecule has 1 amide bonds. The van der Waals surface area contributed by atoms with Crippen LogP contribution in [0, 0.1) is 3.57 Å². The molecule has 1 fully saturated rings. The monoisotopic (exact) mass is 375 g/mol. The third-order valence-electron chi connectivity index (χ3n) is 3.70. The van der Waals surface area contributed by atoms with E-state index in [9.17, 15) is 15.0 Å². The van der Waals surface area contributed by atoms with Crippen molar-refractivity contribution in [2.45, 2.75) is 37.6 Å². The Morgan fingerprint density at radius 3 is 2.58 bits per heavy atom. The van der Waals surface area contributed by atoms with Gasteiger partial charge in [-0.3, -0.25) is 4.79 Å². The van der Waals surface area contributed by atoms with Crippen LogP contribution in [0.1, 0.15) is 42.5 Å². The van der Waals surface area contributed by atoms with Crippen molar-refractivity contribution in [1.29, 1.82) is 0 Å². The molecule has 0 spiro atoms. The highest BCUT2D eigenvalue weighted by atomic mass is 127. The first kappa shape index (κ1) is 14.6. The summed E-state index contributed by atoms with van der Waals surface area (Å²) in [5, 5.41) is 22.2. The topological polar surface area (TPSA) is 69.6 Å². The van der Waals surface area contributed by atoms with Crippen LogP contribution in [0.2, 0.25) is 0 Å². The molecule has 1 saturated carbocycles. The van der Waals surface area contributed by atoms with E-state index in [0.29, 0.717) is 9.13 Å². The predicted molar refractivity (Wildman–Crippen MR) is 81.2 cm³/mol. The maximum atomic E-state index is 12.2. The Hall–Kier alpha value is -0.820. The van der Waals surface area contributed by atoms with Gasteiger partial charge in [-0.05, 0) is 53.6 Å². The number of benzene rings is 1. The summed E-state index contributed by atoms with van der Waals surface area (Å²) in [6.45, 7) is -0.0326. The maximum absolute atomic E-state index is 12.2. The van der Waals surface area contributed by atoms with Gasteiger partial charge in [0.15, 0.2) is 0 Å². The van der Waals surface area contributed by atoms with Gasteiger partial charge < -0.3 is 15.5 Å². The molecule has 0 heterocycles. The molecule has 1 aliphatic carbocycles. The van der Waals surface area contributed by atoms with Crippen LogP contribution in [0.15, 0.2) is 18.2 Å². The fourth-order valence-corrected chi connectivity index (χ4v) is 2.85. The minimum atomic E-state index is -0.492. The lowest BCUT2D eigenvalue weighted by Gasteiger charge is -2.36. The molecule has 19 heavy (non-hydrogen) atoms. The van der Waals surface area contributed by atoms with Crippen LogP contribution in [0.25, 0.3) is 0 Å². The van der Waals surface area contributed by atoms with Crippen LogP contribution in [-0.2, 0) is 0 Å². The molecule has 0 unspecified atom stereocenters. The number of phenols is 1. The van der Waals surface area contributed by atoms with E-state index < -0.39 is 5.54 Å². The maximum Gasteiger partial charge on any atom is 0.251 e. The van der Waals surface area contributed by atoms with Gasteiger partial charge in [-0.2, -0.15) is 0 Å². The molecule has 5 heteroatoms. The molecule has 2 rings (SSSR count). The molecule has 0 aliphatic heterocycles. The minimum absolute atomic E-state index is 0.0326. The van der Waals surface area contributed by atoms with Gasteiger partial charge in [0.05, 0.1) is 15.7 Å². The smallest absolute Gasteiger partial charge is 0.251 e. The van der Waals surface area contributed by atoms with Crippen LogP contribution >= 0.6 is 22.6 Å². The van der Waals surface area contributed by atoms with Crippen molar-refractivity contribution >= 4 is 28.5 Å². The fraction of sp³-hybridized carbons (Fsp3) is 0.500. The van der Waals surface area contributed by atoms with E-state index >= 15 is 0 Å². The van der Waals surface area contributed by atoms with E-state index in [-0.39, 0.29) is 18.3 Å². The van der Waals surface area contributed by atoms with Crippen molar-refractivity contribution in [2.24, 2.45) is 0 Å². The Labute approximate surface area is 126 Å². The first-order chi connectivity index (χ1) is 9.06. The number of rotatable bonds is 3. The van der Waals surface area contributed by atoms with Crippen molar-refractivity contribution in [1.82, 2.24) is 5.32 Å². The molecule has 0 aromatic heterocycles. The normalized spacial score (nSPS) is 18.0. The quantitative estimate of drug-likeness (QED) is 0.711. The molecule has 3 N–H and O–H groups in total. The Bertz CT molecular complexity index is 470. The Morgan fingerprint density at radius 2 is 2.00 bits per heavy atom. The van der Waals surface area contributed by atoms with Crippen molar-refractivity contribution in [3.8, 4) is 5.75 Å². The van der Waals surface area contributed by atoms with E-state index in [4.69, 9.17) is 0 Å². The van der Waals surface area contributed by atoms with Gasteiger partial charge in [0, 0.05) is 5.56 Å². The summed E-state index contributed by atoms with van der Waals surface area (Å²) in [5.74, 6) is -0.127. The zero-order valence-electron chi connectivity index (χ0n) is 10.7. The van der Waals surface area contributed by atoms with Gasteiger partial charge >= 0.3 is 0 Å². The van der Waals surface area contributed by atoms with Gasteiger partial charge in [0.25, 0.3) is 5.91 Å². The molecule has 0 radical (unpaired) electrons. The number of hydrogen-bond donors (Lipinski definition) is 3. The molecule has 0 atom stereocenters. The summed E-state index contributed by atoms with van der Waals surface area (Å²) in [7, 11) is 0. The first-order valence-electron chi connectivity index (χ1n) is 6.48. The molecule has 1 aromatic carbocycles. The summed E-state index contributed by atoms with van der Waals surface area (Å²) >= 11 is 2.01. The number of aliphatic hydroxyl groups excluding tert-OH is 1. The Kier molecular flexibility index (Phi) is 4.67. The summed E-state index contributed by atoms with van der Waals surface area (Å²) in [5.41, 5.74) is -0.0650. The van der Waals surface area contributed by atoms with Crippen LogP contribution in [0.4, 0.5) is 0 Å². The summed E-state index contributed by atoms with van der Waals surface area (Å²) in [6.07, 6.45) is 4.83. The SMILES string of the molecule is O=C(NC1(CO)CCCCC1)c1ccc(I)c(O)c1. The average molecular weight is 375 g/mol.